The fraction of sp³-hybridized carbons (Fsp3) is 0.500. The number of carbonyl (C=O) groups excluding carboxylic acids is 1. The first-order chi connectivity index (χ1) is 11.0. The molecule has 126 valence electrons. The topological polar surface area (TPSA) is 82.8 Å². The number of carbonyl (C=O) groups is 1. The summed E-state index contributed by atoms with van der Waals surface area (Å²) in [5, 5.41) is 0. The highest BCUT2D eigenvalue weighted by Gasteiger charge is 2.19. The predicted molar refractivity (Wildman–Crippen MR) is 92.7 cm³/mol. The molecular formula is C18H27N3O2. The Kier molecular flexibility index (Phi) is 5.80. The number of rotatable bonds is 7. The van der Waals surface area contributed by atoms with Crippen molar-refractivity contribution in [3.05, 3.63) is 41.2 Å². The van der Waals surface area contributed by atoms with Gasteiger partial charge in [0.25, 0.3) is 0 Å². The van der Waals surface area contributed by atoms with Crippen LogP contribution in [0.3, 0.4) is 0 Å². The SMILES string of the molecule is CCC(N)Cc1cccc2c(C(=O)OC)cc(CC(N)CC)n12. The highest BCUT2D eigenvalue weighted by molar-refractivity contribution is 5.97. The lowest BCUT2D eigenvalue weighted by Crippen LogP contribution is -2.24. The van der Waals surface area contributed by atoms with Crippen molar-refractivity contribution < 1.29 is 9.53 Å². The molecule has 4 N–H and O–H groups in total. The van der Waals surface area contributed by atoms with Gasteiger partial charge in [-0.25, -0.2) is 4.79 Å². The van der Waals surface area contributed by atoms with Crippen LogP contribution in [0.15, 0.2) is 24.3 Å². The van der Waals surface area contributed by atoms with Crippen molar-refractivity contribution in [2.75, 3.05) is 7.11 Å². The molecule has 0 amide bonds. The molecule has 0 aliphatic heterocycles. The minimum absolute atomic E-state index is 0.0616. The molecule has 0 aliphatic rings. The van der Waals surface area contributed by atoms with Gasteiger partial charge in [-0.2, -0.15) is 0 Å². The third kappa shape index (κ3) is 3.74. The summed E-state index contributed by atoms with van der Waals surface area (Å²) < 4.78 is 7.05. The maximum Gasteiger partial charge on any atom is 0.340 e. The summed E-state index contributed by atoms with van der Waals surface area (Å²) in [6.07, 6.45) is 3.27. The minimum atomic E-state index is -0.323. The summed E-state index contributed by atoms with van der Waals surface area (Å²) in [4.78, 5) is 12.1. The van der Waals surface area contributed by atoms with Crippen LogP contribution in [0.25, 0.3) is 5.52 Å². The Morgan fingerprint density at radius 2 is 1.74 bits per heavy atom. The third-order valence-corrected chi connectivity index (χ3v) is 4.34. The summed E-state index contributed by atoms with van der Waals surface area (Å²) in [5.41, 5.74) is 15.9. The number of methoxy groups -OCH3 is 1. The van der Waals surface area contributed by atoms with Gasteiger partial charge in [-0.15, -0.1) is 0 Å². The van der Waals surface area contributed by atoms with E-state index >= 15 is 0 Å². The molecule has 0 saturated heterocycles. The second kappa shape index (κ2) is 7.62. The van der Waals surface area contributed by atoms with E-state index in [1.165, 1.54) is 7.11 Å². The standard InChI is InChI=1S/C18H27N3O2/c1-4-12(19)9-14-7-6-8-17-16(18(22)23-3)11-15(21(14)17)10-13(20)5-2/h6-8,11-13H,4-5,9-10,19-20H2,1-3H3. The maximum atomic E-state index is 12.1. The van der Waals surface area contributed by atoms with E-state index < -0.39 is 0 Å². The monoisotopic (exact) mass is 317 g/mol. The molecule has 0 fully saturated rings. The highest BCUT2D eigenvalue weighted by atomic mass is 16.5. The summed E-state index contributed by atoms with van der Waals surface area (Å²) in [6, 6.07) is 8.02. The first-order valence-corrected chi connectivity index (χ1v) is 8.23. The Balaban J connectivity index is 2.59. The van der Waals surface area contributed by atoms with Gasteiger partial charge in [-0.1, -0.05) is 19.9 Å². The molecule has 2 atom stereocenters. The van der Waals surface area contributed by atoms with Gasteiger partial charge in [0.05, 0.1) is 18.2 Å². The lowest BCUT2D eigenvalue weighted by atomic mass is 10.1. The number of ether oxygens (including phenoxy) is 1. The van der Waals surface area contributed by atoms with Crippen LogP contribution < -0.4 is 11.5 Å². The molecule has 23 heavy (non-hydrogen) atoms. The molecule has 5 heteroatoms. The molecular weight excluding hydrogens is 290 g/mol. The van der Waals surface area contributed by atoms with E-state index in [9.17, 15) is 4.79 Å². The van der Waals surface area contributed by atoms with Crippen LogP contribution in [0.2, 0.25) is 0 Å². The smallest absolute Gasteiger partial charge is 0.340 e. The minimum Gasteiger partial charge on any atom is -0.465 e. The molecule has 0 spiro atoms. The van der Waals surface area contributed by atoms with Crippen molar-refractivity contribution in [1.29, 1.82) is 0 Å². The number of nitrogens with two attached hydrogens (primary N) is 2. The van der Waals surface area contributed by atoms with E-state index in [1.54, 1.807) is 0 Å². The Bertz CT molecular complexity index is 678. The molecule has 0 radical (unpaired) electrons. The predicted octanol–water partition coefficient (Wildman–Crippen LogP) is 2.29. The molecule has 0 aliphatic carbocycles. The zero-order valence-corrected chi connectivity index (χ0v) is 14.2. The zero-order valence-electron chi connectivity index (χ0n) is 14.2. The largest absolute Gasteiger partial charge is 0.465 e. The number of nitrogens with zero attached hydrogens (tertiary/aromatic N) is 1. The Labute approximate surface area is 137 Å². The van der Waals surface area contributed by atoms with Gasteiger partial charge >= 0.3 is 5.97 Å². The lowest BCUT2D eigenvalue weighted by Gasteiger charge is -2.15. The molecule has 0 bridgehead atoms. The van der Waals surface area contributed by atoms with Crippen LogP contribution in [0.1, 0.15) is 48.4 Å². The van der Waals surface area contributed by atoms with E-state index in [0.717, 1.165) is 36.2 Å². The van der Waals surface area contributed by atoms with Crippen LogP contribution in [-0.2, 0) is 17.6 Å². The van der Waals surface area contributed by atoms with E-state index in [2.05, 4.69) is 24.3 Å². The Hall–Kier alpha value is -1.85. The highest BCUT2D eigenvalue weighted by Crippen LogP contribution is 2.22. The second-order valence-electron chi connectivity index (χ2n) is 6.02. The van der Waals surface area contributed by atoms with Gasteiger partial charge in [0, 0.05) is 36.3 Å². The Morgan fingerprint density at radius 3 is 2.30 bits per heavy atom. The number of hydrogen-bond acceptors (Lipinski definition) is 4. The molecule has 2 unspecified atom stereocenters. The maximum absolute atomic E-state index is 12.1. The van der Waals surface area contributed by atoms with Crippen LogP contribution in [0.4, 0.5) is 0 Å². The molecule has 2 aromatic heterocycles. The molecule has 5 nitrogen and oxygen atoms in total. The van der Waals surface area contributed by atoms with Crippen molar-refractivity contribution >= 4 is 11.5 Å². The van der Waals surface area contributed by atoms with Crippen LogP contribution >= 0.6 is 0 Å². The quantitative estimate of drug-likeness (QED) is 0.768. The molecule has 0 saturated carbocycles. The number of hydrogen-bond donors (Lipinski definition) is 2. The number of pyridine rings is 1. The lowest BCUT2D eigenvalue weighted by molar-refractivity contribution is 0.0603. The number of fused-ring (bicyclic) bond motifs is 1. The summed E-state index contributed by atoms with van der Waals surface area (Å²) in [6.45, 7) is 4.14. The number of esters is 1. The summed E-state index contributed by atoms with van der Waals surface area (Å²) in [7, 11) is 1.40. The summed E-state index contributed by atoms with van der Waals surface area (Å²) in [5.74, 6) is -0.323. The van der Waals surface area contributed by atoms with Crippen LogP contribution in [0, 0.1) is 0 Å². The molecule has 2 heterocycles. The van der Waals surface area contributed by atoms with Crippen molar-refractivity contribution in [2.45, 2.75) is 51.6 Å². The average Bonchev–Trinajstić information content (AvgIpc) is 2.93. The average molecular weight is 317 g/mol. The zero-order chi connectivity index (χ0) is 17.0. The fourth-order valence-electron chi connectivity index (χ4n) is 2.82. The fourth-order valence-corrected chi connectivity index (χ4v) is 2.82. The molecule has 0 aromatic carbocycles. The van der Waals surface area contributed by atoms with E-state index in [0.29, 0.717) is 12.0 Å². The van der Waals surface area contributed by atoms with Gasteiger partial charge < -0.3 is 20.6 Å². The van der Waals surface area contributed by atoms with Crippen molar-refractivity contribution in [1.82, 2.24) is 4.40 Å². The molecule has 2 rings (SSSR count). The van der Waals surface area contributed by atoms with E-state index in [-0.39, 0.29) is 18.1 Å². The van der Waals surface area contributed by atoms with Crippen LogP contribution in [-0.4, -0.2) is 29.6 Å². The van der Waals surface area contributed by atoms with E-state index in [4.69, 9.17) is 16.2 Å². The van der Waals surface area contributed by atoms with Gasteiger partial charge in [-0.05, 0) is 31.0 Å². The van der Waals surface area contributed by atoms with Crippen LogP contribution in [0.5, 0.6) is 0 Å². The first-order valence-electron chi connectivity index (χ1n) is 8.23. The second-order valence-corrected chi connectivity index (χ2v) is 6.02. The third-order valence-electron chi connectivity index (χ3n) is 4.34. The van der Waals surface area contributed by atoms with Crippen molar-refractivity contribution in [2.24, 2.45) is 11.5 Å². The Morgan fingerprint density at radius 1 is 1.13 bits per heavy atom. The molecule has 2 aromatic rings. The normalized spacial score (nSPS) is 14.0. The van der Waals surface area contributed by atoms with E-state index in [1.807, 2.05) is 18.2 Å². The van der Waals surface area contributed by atoms with Crippen molar-refractivity contribution in [3.63, 3.8) is 0 Å². The van der Waals surface area contributed by atoms with Gasteiger partial charge in [0.2, 0.25) is 0 Å². The van der Waals surface area contributed by atoms with Gasteiger partial charge in [0.1, 0.15) is 0 Å². The first kappa shape index (κ1) is 17.5. The van der Waals surface area contributed by atoms with Gasteiger partial charge in [-0.3, -0.25) is 0 Å². The number of aromatic nitrogens is 1. The van der Waals surface area contributed by atoms with Gasteiger partial charge in [0.15, 0.2) is 0 Å². The summed E-state index contributed by atoms with van der Waals surface area (Å²) >= 11 is 0. The van der Waals surface area contributed by atoms with Crippen molar-refractivity contribution in [3.8, 4) is 0 Å².